The smallest absolute Gasteiger partial charge is 0.159 e. The Bertz CT molecular complexity index is 318. The lowest BCUT2D eigenvalue weighted by Crippen LogP contribution is -2.24. The Morgan fingerprint density at radius 1 is 1.05 bits per heavy atom. The topological polar surface area (TPSA) is 38.7 Å². The van der Waals surface area contributed by atoms with Crippen molar-refractivity contribution < 1.29 is 14.6 Å². The molecule has 4 heteroatoms. The second kappa shape index (κ2) is 14.2. The van der Waals surface area contributed by atoms with Crippen LogP contribution in [0, 0.1) is 6.92 Å². The molecule has 1 rings (SSSR count). The highest BCUT2D eigenvalue weighted by Gasteiger charge is 2.11. The lowest BCUT2D eigenvalue weighted by Gasteiger charge is -2.17. The predicted molar refractivity (Wildman–Crippen MR) is 94.3 cm³/mol. The molecule has 0 saturated carbocycles. The van der Waals surface area contributed by atoms with Gasteiger partial charge >= 0.3 is 0 Å². The van der Waals surface area contributed by atoms with E-state index in [2.05, 4.69) is 0 Å². The summed E-state index contributed by atoms with van der Waals surface area (Å²) in [5, 5.41) is 9.30. The zero-order valence-electron chi connectivity index (χ0n) is 14.6. The van der Waals surface area contributed by atoms with Gasteiger partial charge in [0.25, 0.3) is 0 Å². The SMILES string of the molecule is CC.CSC.Cc1ccc(OCCCOC(C)(C)O)cc1. The first-order valence-electron chi connectivity index (χ1n) is 7.35. The first-order chi connectivity index (χ1) is 9.89. The zero-order chi connectivity index (χ0) is 16.7. The average molecular weight is 317 g/mol. The van der Waals surface area contributed by atoms with Crippen LogP contribution < -0.4 is 4.74 Å². The maximum Gasteiger partial charge on any atom is 0.159 e. The molecule has 0 aliphatic rings. The summed E-state index contributed by atoms with van der Waals surface area (Å²) in [6.07, 6.45) is 4.85. The van der Waals surface area contributed by atoms with Crippen molar-refractivity contribution in [2.45, 2.75) is 46.8 Å². The van der Waals surface area contributed by atoms with Gasteiger partial charge < -0.3 is 14.6 Å². The Balaban J connectivity index is 0. The average Bonchev–Trinajstić information content (AvgIpc) is 2.42. The molecule has 0 unspecified atom stereocenters. The highest BCUT2D eigenvalue weighted by Crippen LogP contribution is 2.11. The van der Waals surface area contributed by atoms with E-state index in [-0.39, 0.29) is 0 Å². The fraction of sp³-hybridized carbons (Fsp3) is 0.647. The van der Waals surface area contributed by atoms with Crippen LogP contribution in [0.5, 0.6) is 5.75 Å². The molecule has 1 aromatic carbocycles. The standard InChI is InChI=1S/C13H20O3.C2H6S.C2H6/c1-11-5-7-12(8-6-11)15-9-4-10-16-13(2,3)14;1-3-2;1-2/h5-8,14H,4,9-10H2,1-3H3;1-2H3;1-2H3. The van der Waals surface area contributed by atoms with E-state index in [0.717, 1.165) is 12.2 Å². The third kappa shape index (κ3) is 17.2. The number of hydrogen-bond acceptors (Lipinski definition) is 4. The van der Waals surface area contributed by atoms with E-state index in [1.165, 1.54) is 5.56 Å². The summed E-state index contributed by atoms with van der Waals surface area (Å²) in [6, 6.07) is 7.93. The minimum atomic E-state index is -1.05. The molecule has 124 valence electrons. The van der Waals surface area contributed by atoms with Gasteiger partial charge in [-0.1, -0.05) is 31.5 Å². The number of ether oxygens (including phenoxy) is 2. The van der Waals surface area contributed by atoms with Crippen molar-refractivity contribution >= 4 is 11.8 Å². The third-order valence-corrected chi connectivity index (χ3v) is 2.03. The van der Waals surface area contributed by atoms with E-state index in [0.29, 0.717) is 13.2 Å². The minimum Gasteiger partial charge on any atom is -0.494 e. The van der Waals surface area contributed by atoms with Crippen LogP contribution in [0.1, 0.15) is 39.7 Å². The van der Waals surface area contributed by atoms with Crippen LogP contribution in [0.3, 0.4) is 0 Å². The fourth-order valence-electron chi connectivity index (χ4n) is 1.21. The molecule has 1 aromatic rings. The van der Waals surface area contributed by atoms with Gasteiger partial charge in [-0.15, -0.1) is 0 Å². The molecule has 0 aromatic heterocycles. The van der Waals surface area contributed by atoms with Gasteiger partial charge in [-0.2, -0.15) is 11.8 Å². The van der Waals surface area contributed by atoms with Crippen molar-refractivity contribution in [3.63, 3.8) is 0 Å². The Labute approximate surface area is 135 Å². The van der Waals surface area contributed by atoms with Crippen molar-refractivity contribution in [2.75, 3.05) is 25.7 Å². The van der Waals surface area contributed by atoms with Crippen LogP contribution >= 0.6 is 11.8 Å². The molecule has 0 spiro atoms. The van der Waals surface area contributed by atoms with E-state index in [4.69, 9.17) is 9.47 Å². The molecule has 3 nitrogen and oxygen atoms in total. The van der Waals surface area contributed by atoms with Crippen molar-refractivity contribution in [3.8, 4) is 5.75 Å². The number of thioether (sulfide) groups is 1. The maximum atomic E-state index is 9.30. The van der Waals surface area contributed by atoms with Crippen LogP contribution in [-0.4, -0.2) is 36.6 Å². The summed E-state index contributed by atoms with van der Waals surface area (Å²) in [7, 11) is 0. The summed E-state index contributed by atoms with van der Waals surface area (Å²) < 4.78 is 10.7. The van der Waals surface area contributed by atoms with Gasteiger partial charge in [0.1, 0.15) is 5.75 Å². The molecule has 0 heterocycles. The number of aliphatic hydroxyl groups is 1. The van der Waals surface area contributed by atoms with Crippen molar-refractivity contribution in [2.24, 2.45) is 0 Å². The molecule has 1 N–H and O–H groups in total. The van der Waals surface area contributed by atoms with E-state index < -0.39 is 5.79 Å². The molecule has 0 amide bonds. The zero-order valence-corrected chi connectivity index (χ0v) is 15.4. The number of benzene rings is 1. The van der Waals surface area contributed by atoms with Crippen LogP contribution in [0.4, 0.5) is 0 Å². The summed E-state index contributed by atoms with van der Waals surface area (Å²) in [5.74, 6) is -0.182. The highest BCUT2D eigenvalue weighted by molar-refractivity contribution is 7.97. The number of aryl methyl sites for hydroxylation is 1. The largest absolute Gasteiger partial charge is 0.494 e. The molecule has 0 saturated heterocycles. The third-order valence-electron chi connectivity index (χ3n) is 2.03. The second-order valence-corrected chi connectivity index (χ2v) is 5.54. The molecule has 0 bridgehead atoms. The van der Waals surface area contributed by atoms with Crippen LogP contribution in [0.25, 0.3) is 0 Å². The monoisotopic (exact) mass is 316 g/mol. The summed E-state index contributed by atoms with van der Waals surface area (Å²) in [5.41, 5.74) is 1.22. The van der Waals surface area contributed by atoms with Gasteiger partial charge in [0.2, 0.25) is 0 Å². The molecular weight excluding hydrogens is 284 g/mol. The highest BCUT2D eigenvalue weighted by atomic mass is 32.2. The quantitative estimate of drug-likeness (QED) is 0.619. The second-order valence-electron chi connectivity index (χ2n) is 4.72. The molecule has 0 fully saturated rings. The minimum absolute atomic E-state index is 0.495. The molecule has 0 radical (unpaired) electrons. The Morgan fingerprint density at radius 3 is 1.95 bits per heavy atom. The molecule has 0 aliphatic carbocycles. The van der Waals surface area contributed by atoms with Crippen molar-refractivity contribution in [1.29, 1.82) is 0 Å². The Morgan fingerprint density at radius 2 is 1.52 bits per heavy atom. The van der Waals surface area contributed by atoms with Gasteiger partial charge in [0.05, 0.1) is 13.2 Å². The summed E-state index contributed by atoms with van der Waals surface area (Å²) in [4.78, 5) is 0. The first-order valence-corrected chi connectivity index (χ1v) is 8.98. The lowest BCUT2D eigenvalue weighted by molar-refractivity contribution is -0.176. The Kier molecular flexibility index (Phi) is 15.3. The molecule has 0 aliphatic heterocycles. The van der Waals surface area contributed by atoms with Gasteiger partial charge in [0.15, 0.2) is 5.79 Å². The summed E-state index contributed by atoms with van der Waals surface area (Å²) in [6.45, 7) is 10.4. The van der Waals surface area contributed by atoms with E-state index >= 15 is 0 Å². The lowest BCUT2D eigenvalue weighted by atomic mass is 10.2. The van der Waals surface area contributed by atoms with Crippen LogP contribution in [-0.2, 0) is 4.74 Å². The van der Waals surface area contributed by atoms with Gasteiger partial charge in [0, 0.05) is 6.42 Å². The molecule has 0 atom stereocenters. The molecule has 21 heavy (non-hydrogen) atoms. The fourth-order valence-corrected chi connectivity index (χ4v) is 1.21. The van der Waals surface area contributed by atoms with E-state index in [1.807, 2.05) is 57.5 Å². The summed E-state index contributed by atoms with van der Waals surface area (Å²) >= 11 is 1.75. The maximum absolute atomic E-state index is 9.30. The number of rotatable bonds is 6. The van der Waals surface area contributed by atoms with Crippen molar-refractivity contribution in [3.05, 3.63) is 29.8 Å². The van der Waals surface area contributed by atoms with E-state index in [1.54, 1.807) is 25.6 Å². The predicted octanol–water partition coefficient (Wildman–Crippen LogP) is 4.51. The van der Waals surface area contributed by atoms with Gasteiger partial charge in [-0.05, 0) is 45.4 Å². The normalized spacial score (nSPS) is 9.90. The first kappa shape index (κ1) is 22.6. The van der Waals surface area contributed by atoms with Crippen LogP contribution in [0.2, 0.25) is 0 Å². The van der Waals surface area contributed by atoms with E-state index in [9.17, 15) is 5.11 Å². The Hall–Kier alpha value is -0.710. The van der Waals surface area contributed by atoms with Crippen molar-refractivity contribution in [1.82, 2.24) is 0 Å². The number of hydrogen-bond donors (Lipinski definition) is 1. The van der Waals surface area contributed by atoms with Gasteiger partial charge in [-0.3, -0.25) is 0 Å². The van der Waals surface area contributed by atoms with Crippen LogP contribution in [0.15, 0.2) is 24.3 Å². The molecular formula is C17H32O3S. The van der Waals surface area contributed by atoms with Gasteiger partial charge in [-0.25, -0.2) is 0 Å².